The molecule has 18 heavy (non-hydrogen) atoms. The monoisotopic (exact) mass is 270 g/mol. The fraction of sp³-hybridized carbons (Fsp3) is 0.417. The minimum absolute atomic E-state index is 0.331. The molecule has 0 aliphatic heterocycles. The number of sulfonamides is 1. The van der Waals surface area contributed by atoms with E-state index in [1.165, 1.54) is 6.92 Å². The number of anilines is 1. The molecule has 0 aliphatic rings. The summed E-state index contributed by atoms with van der Waals surface area (Å²) in [5.74, 6) is -1.43. The maximum Gasteiger partial charge on any atom is 0.232 e. The fourth-order valence-electron chi connectivity index (χ4n) is 1.66. The number of carboxylic acid groups (broad SMARTS) is 1. The molecule has 0 saturated carbocycles. The molecule has 0 saturated heterocycles. The van der Waals surface area contributed by atoms with Gasteiger partial charge in [-0.2, -0.15) is 0 Å². The number of carbonyl (C=O) groups is 1. The number of carbonyl (C=O) groups excluding carboxylic acids is 1. The van der Waals surface area contributed by atoms with Gasteiger partial charge >= 0.3 is 0 Å². The highest BCUT2D eigenvalue weighted by molar-refractivity contribution is 7.92. The van der Waals surface area contributed by atoms with Crippen molar-refractivity contribution in [3.05, 3.63) is 29.3 Å². The average molecular weight is 270 g/mol. The SMILES string of the molecule is Cc1ccc(N([C@H](C)C(=O)[O-])S(C)(=O)=O)cc1C. The topological polar surface area (TPSA) is 77.5 Å². The molecule has 5 nitrogen and oxygen atoms in total. The molecule has 0 unspecified atom stereocenters. The molecule has 1 aromatic rings. The third-order valence-electron chi connectivity index (χ3n) is 2.80. The van der Waals surface area contributed by atoms with Gasteiger partial charge in [-0.15, -0.1) is 0 Å². The number of carboxylic acids is 1. The van der Waals surface area contributed by atoms with Gasteiger partial charge < -0.3 is 9.90 Å². The molecule has 0 aliphatic carbocycles. The Balaban J connectivity index is 3.36. The predicted molar refractivity (Wildman–Crippen MR) is 67.7 cm³/mol. The quantitative estimate of drug-likeness (QED) is 0.783. The summed E-state index contributed by atoms with van der Waals surface area (Å²) in [6.45, 7) is 5.01. The first-order chi connectivity index (χ1) is 8.14. The number of hydrogen-bond acceptors (Lipinski definition) is 4. The Kier molecular flexibility index (Phi) is 4.01. The third-order valence-corrected chi connectivity index (χ3v) is 4.04. The van der Waals surface area contributed by atoms with Crippen molar-refractivity contribution in [3.8, 4) is 0 Å². The maximum absolute atomic E-state index is 11.7. The smallest absolute Gasteiger partial charge is 0.232 e. The average Bonchev–Trinajstić information content (AvgIpc) is 2.21. The van der Waals surface area contributed by atoms with E-state index < -0.39 is 22.0 Å². The molecule has 0 N–H and O–H groups in total. The van der Waals surface area contributed by atoms with E-state index in [0.717, 1.165) is 21.7 Å². The van der Waals surface area contributed by atoms with Gasteiger partial charge in [0.1, 0.15) is 0 Å². The zero-order valence-electron chi connectivity index (χ0n) is 10.8. The first-order valence-electron chi connectivity index (χ1n) is 5.42. The lowest BCUT2D eigenvalue weighted by atomic mass is 10.1. The van der Waals surface area contributed by atoms with Crippen molar-refractivity contribution in [2.75, 3.05) is 10.6 Å². The van der Waals surface area contributed by atoms with E-state index in [2.05, 4.69) is 0 Å². The Bertz CT molecular complexity index is 565. The lowest BCUT2D eigenvalue weighted by Crippen LogP contribution is -2.48. The lowest BCUT2D eigenvalue weighted by Gasteiger charge is -2.30. The van der Waals surface area contributed by atoms with E-state index in [1.807, 2.05) is 13.8 Å². The van der Waals surface area contributed by atoms with E-state index in [0.29, 0.717) is 5.69 Å². The number of benzene rings is 1. The molecule has 0 bridgehead atoms. The summed E-state index contributed by atoms with van der Waals surface area (Å²) in [7, 11) is -3.68. The van der Waals surface area contributed by atoms with E-state index in [9.17, 15) is 18.3 Å². The van der Waals surface area contributed by atoms with Crippen molar-refractivity contribution in [2.24, 2.45) is 0 Å². The molecule has 0 spiro atoms. The summed E-state index contributed by atoms with van der Waals surface area (Å²) in [6, 6.07) is 3.74. The molecule has 0 fully saturated rings. The van der Waals surface area contributed by atoms with E-state index in [4.69, 9.17) is 0 Å². The van der Waals surface area contributed by atoms with Gasteiger partial charge in [0.15, 0.2) is 0 Å². The summed E-state index contributed by atoms with van der Waals surface area (Å²) in [5, 5.41) is 10.9. The van der Waals surface area contributed by atoms with E-state index in [1.54, 1.807) is 18.2 Å². The predicted octanol–water partition coefficient (Wildman–Crippen LogP) is 0.208. The molecule has 1 aromatic carbocycles. The van der Waals surface area contributed by atoms with Crippen LogP contribution in [-0.4, -0.2) is 26.7 Å². The van der Waals surface area contributed by atoms with Gasteiger partial charge in [0.05, 0.1) is 24.0 Å². The summed E-state index contributed by atoms with van der Waals surface area (Å²) >= 11 is 0. The molecule has 0 heterocycles. The van der Waals surface area contributed by atoms with Crippen LogP contribution in [0.25, 0.3) is 0 Å². The van der Waals surface area contributed by atoms with Gasteiger partial charge in [0.2, 0.25) is 10.0 Å². The second-order valence-corrected chi connectivity index (χ2v) is 6.18. The maximum atomic E-state index is 11.7. The van der Waals surface area contributed by atoms with Crippen LogP contribution in [0.1, 0.15) is 18.1 Å². The van der Waals surface area contributed by atoms with Crippen molar-refractivity contribution in [1.82, 2.24) is 0 Å². The summed E-state index contributed by atoms with van der Waals surface area (Å²) in [6.07, 6.45) is 0.974. The molecular weight excluding hydrogens is 254 g/mol. The van der Waals surface area contributed by atoms with Crippen LogP contribution in [0, 0.1) is 13.8 Å². The Labute approximate surface area is 107 Å². The van der Waals surface area contributed by atoms with Crippen LogP contribution in [0.2, 0.25) is 0 Å². The number of hydrogen-bond donors (Lipinski definition) is 0. The van der Waals surface area contributed by atoms with Crippen molar-refractivity contribution < 1.29 is 18.3 Å². The van der Waals surface area contributed by atoms with Crippen LogP contribution in [0.4, 0.5) is 5.69 Å². The Morgan fingerprint density at radius 1 is 1.28 bits per heavy atom. The summed E-state index contributed by atoms with van der Waals surface area (Å²) in [5.41, 5.74) is 2.23. The highest BCUT2D eigenvalue weighted by atomic mass is 32.2. The minimum Gasteiger partial charge on any atom is -0.548 e. The second kappa shape index (κ2) is 4.97. The minimum atomic E-state index is -3.68. The van der Waals surface area contributed by atoms with Crippen LogP contribution in [0.5, 0.6) is 0 Å². The van der Waals surface area contributed by atoms with Gasteiger partial charge in [0, 0.05) is 0 Å². The van der Waals surface area contributed by atoms with Crippen LogP contribution in [0.15, 0.2) is 18.2 Å². The van der Waals surface area contributed by atoms with Crippen molar-refractivity contribution in [3.63, 3.8) is 0 Å². The Morgan fingerprint density at radius 2 is 1.83 bits per heavy atom. The van der Waals surface area contributed by atoms with Gasteiger partial charge in [-0.3, -0.25) is 4.31 Å². The zero-order chi connectivity index (χ0) is 14.1. The number of rotatable bonds is 4. The normalized spacial score (nSPS) is 13.1. The van der Waals surface area contributed by atoms with Crippen LogP contribution in [0.3, 0.4) is 0 Å². The molecule has 1 rings (SSSR count). The second-order valence-electron chi connectivity index (χ2n) is 4.32. The molecule has 0 amide bonds. The van der Waals surface area contributed by atoms with Gasteiger partial charge in [-0.05, 0) is 44.0 Å². The van der Waals surface area contributed by atoms with Crippen LogP contribution < -0.4 is 9.41 Å². The molecule has 0 radical (unpaired) electrons. The summed E-state index contributed by atoms with van der Waals surface area (Å²) < 4.78 is 24.3. The van der Waals surface area contributed by atoms with Crippen molar-refractivity contribution in [1.29, 1.82) is 0 Å². The van der Waals surface area contributed by atoms with Gasteiger partial charge in [-0.25, -0.2) is 8.42 Å². The summed E-state index contributed by atoms with van der Waals surface area (Å²) in [4.78, 5) is 10.9. The van der Waals surface area contributed by atoms with Gasteiger partial charge in [0.25, 0.3) is 0 Å². The number of aliphatic carboxylic acids is 1. The Morgan fingerprint density at radius 3 is 2.22 bits per heavy atom. The van der Waals surface area contributed by atoms with E-state index >= 15 is 0 Å². The van der Waals surface area contributed by atoms with Crippen LogP contribution in [-0.2, 0) is 14.8 Å². The highest BCUT2D eigenvalue weighted by Crippen LogP contribution is 2.23. The van der Waals surface area contributed by atoms with Crippen molar-refractivity contribution in [2.45, 2.75) is 26.8 Å². The first-order valence-corrected chi connectivity index (χ1v) is 7.27. The van der Waals surface area contributed by atoms with E-state index in [-0.39, 0.29) is 0 Å². The lowest BCUT2D eigenvalue weighted by molar-refractivity contribution is -0.306. The van der Waals surface area contributed by atoms with Crippen LogP contribution >= 0.6 is 0 Å². The fourth-order valence-corrected chi connectivity index (χ4v) is 2.82. The van der Waals surface area contributed by atoms with Gasteiger partial charge in [-0.1, -0.05) is 6.07 Å². The number of nitrogens with zero attached hydrogens (tertiary/aromatic N) is 1. The molecule has 0 aromatic heterocycles. The first kappa shape index (κ1) is 14.5. The highest BCUT2D eigenvalue weighted by Gasteiger charge is 2.24. The molecule has 100 valence electrons. The standard InChI is InChI=1S/C12H17NO4S/c1-8-5-6-11(7-9(8)2)13(18(4,16)17)10(3)12(14)15/h5-7,10H,1-4H3,(H,14,15)/p-1/t10-/m1/s1. The largest absolute Gasteiger partial charge is 0.548 e. The molecule has 1 atom stereocenters. The molecular formula is C12H16NO4S-. The zero-order valence-corrected chi connectivity index (χ0v) is 11.6. The third kappa shape index (κ3) is 3.01. The number of aryl methyl sites for hydroxylation is 2. The molecule has 6 heteroatoms. The Hall–Kier alpha value is -1.56. The van der Waals surface area contributed by atoms with Crippen molar-refractivity contribution >= 4 is 21.7 Å².